The van der Waals surface area contributed by atoms with Crippen molar-refractivity contribution in [3.05, 3.63) is 0 Å². The first-order valence-corrected chi connectivity index (χ1v) is 11.0. The van der Waals surface area contributed by atoms with Gasteiger partial charge in [0.1, 0.15) is 0 Å². The molecular weight excluding hydrogens is 372 g/mol. The minimum absolute atomic E-state index is 0.223. The number of ether oxygens (including phenoxy) is 2. The van der Waals surface area contributed by atoms with Gasteiger partial charge in [-0.2, -0.15) is 0 Å². The molecule has 1 unspecified atom stereocenters. The Kier molecular flexibility index (Phi) is 8.97. The minimum atomic E-state index is 0.223. The number of piperazine rings is 1. The van der Waals surface area contributed by atoms with Crippen LogP contribution in [0.5, 0.6) is 0 Å². The van der Waals surface area contributed by atoms with E-state index in [4.69, 9.17) is 9.47 Å². The summed E-state index contributed by atoms with van der Waals surface area (Å²) >= 11 is 0. The average molecular weight is 411 g/mol. The summed E-state index contributed by atoms with van der Waals surface area (Å²) in [5.74, 6) is 1.75. The lowest BCUT2D eigenvalue weighted by atomic mass is 10.1. The van der Waals surface area contributed by atoms with E-state index in [-0.39, 0.29) is 5.91 Å². The first-order chi connectivity index (χ1) is 14.2. The molecule has 0 saturated carbocycles. The van der Waals surface area contributed by atoms with Crippen molar-refractivity contribution in [1.82, 2.24) is 24.9 Å². The Morgan fingerprint density at radius 1 is 0.897 bits per heavy atom. The fraction of sp³-hybridized carbons (Fsp3) is 0.900. The van der Waals surface area contributed by atoms with Gasteiger partial charge in [-0.3, -0.25) is 19.6 Å². The van der Waals surface area contributed by atoms with Crippen molar-refractivity contribution < 1.29 is 14.3 Å². The normalized spacial score (nSPS) is 23.9. The molecule has 3 fully saturated rings. The lowest BCUT2D eigenvalue weighted by Gasteiger charge is -2.37. The SMILES string of the molecule is CN=C(NCC(C)CN1CCOCC1)N1CCN(CC(=O)N2CCOCC2)CC1. The van der Waals surface area contributed by atoms with Crippen LogP contribution < -0.4 is 5.32 Å². The molecule has 3 rings (SSSR count). The van der Waals surface area contributed by atoms with Crippen LogP contribution >= 0.6 is 0 Å². The summed E-state index contributed by atoms with van der Waals surface area (Å²) in [7, 11) is 1.85. The van der Waals surface area contributed by atoms with Crippen molar-refractivity contribution in [1.29, 1.82) is 0 Å². The molecule has 29 heavy (non-hydrogen) atoms. The molecule has 3 saturated heterocycles. The number of carbonyl (C=O) groups excluding carboxylic acids is 1. The highest BCUT2D eigenvalue weighted by Crippen LogP contribution is 2.06. The third-order valence-electron chi connectivity index (χ3n) is 5.89. The van der Waals surface area contributed by atoms with E-state index in [1.54, 1.807) is 0 Å². The highest BCUT2D eigenvalue weighted by atomic mass is 16.5. The molecule has 166 valence electrons. The van der Waals surface area contributed by atoms with E-state index in [9.17, 15) is 4.79 Å². The highest BCUT2D eigenvalue weighted by molar-refractivity contribution is 5.80. The molecule has 3 aliphatic rings. The Morgan fingerprint density at radius 3 is 2.14 bits per heavy atom. The monoisotopic (exact) mass is 410 g/mol. The summed E-state index contributed by atoms with van der Waals surface area (Å²) in [6, 6.07) is 0. The summed E-state index contributed by atoms with van der Waals surface area (Å²) in [5.41, 5.74) is 0. The van der Waals surface area contributed by atoms with Gasteiger partial charge in [-0.15, -0.1) is 0 Å². The van der Waals surface area contributed by atoms with Gasteiger partial charge in [0.2, 0.25) is 5.91 Å². The molecule has 9 heteroatoms. The van der Waals surface area contributed by atoms with Crippen LogP contribution in [0, 0.1) is 5.92 Å². The second kappa shape index (κ2) is 11.7. The maximum atomic E-state index is 12.4. The molecule has 3 aliphatic heterocycles. The van der Waals surface area contributed by atoms with Gasteiger partial charge in [0.25, 0.3) is 0 Å². The van der Waals surface area contributed by atoms with Gasteiger partial charge in [0.15, 0.2) is 5.96 Å². The van der Waals surface area contributed by atoms with Gasteiger partial charge in [0.05, 0.1) is 33.0 Å². The second-order valence-electron chi connectivity index (χ2n) is 8.20. The summed E-state index contributed by atoms with van der Waals surface area (Å²) in [6.07, 6.45) is 0. The fourth-order valence-corrected chi connectivity index (χ4v) is 4.11. The average Bonchev–Trinajstić information content (AvgIpc) is 2.76. The quantitative estimate of drug-likeness (QED) is 0.445. The van der Waals surface area contributed by atoms with Gasteiger partial charge in [-0.05, 0) is 5.92 Å². The van der Waals surface area contributed by atoms with Crippen LogP contribution in [0.15, 0.2) is 4.99 Å². The first kappa shape index (κ1) is 22.3. The number of hydrogen-bond acceptors (Lipinski definition) is 6. The maximum Gasteiger partial charge on any atom is 0.236 e. The Labute approximate surface area is 175 Å². The second-order valence-corrected chi connectivity index (χ2v) is 8.20. The Hall–Kier alpha value is -1.42. The van der Waals surface area contributed by atoms with Crippen molar-refractivity contribution in [2.45, 2.75) is 6.92 Å². The summed E-state index contributed by atoms with van der Waals surface area (Å²) in [5, 5.41) is 3.55. The molecule has 1 N–H and O–H groups in total. The van der Waals surface area contributed by atoms with Crippen LogP contribution in [0.4, 0.5) is 0 Å². The number of morpholine rings is 2. The predicted octanol–water partition coefficient (Wildman–Crippen LogP) is -0.993. The number of carbonyl (C=O) groups is 1. The zero-order valence-electron chi connectivity index (χ0n) is 18.1. The molecule has 0 aromatic rings. The number of nitrogens with zero attached hydrogens (tertiary/aromatic N) is 5. The van der Waals surface area contributed by atoms with Gasteiger partial charge in [0, 0.05) is 72.5 Å². The number of guanidine groups is 1. The molecule has 0 radical (unpaired) electrons. The maximum absolute atomic E-state index is 12.4. The van der Waals surface area contributed by atoms with Gasteiger partial charge in [-0.1, -0.05) is 6.92 Å². The predicted molar refractivity (Wildman–Crippen MR) is 113 cm³/mol. The Morgan fingerprint density at radius 2 is 1.52 bits per heavy atom. The van der Waals surface area contributed by atoms with E-state index in [1.807, 2.05) is 11.9 Å². The van der Waals surface area contributed by atoms with E-state index in [1.165, 1.54) is 0 Å². The van der Waals surface area contributed by atoms with Crippen molar-refractivity contribution >= 4 is 11.9 Å². The van der Waals surface area contributed by atoms with Crippen molar-refractivity contribution in [2.24, 2.45) is 10.9 Å². The molecule has 0 bridgehead atoms. The standard InChI is InChI=1S/C20H38N6O3/c1-18(16-24-7-11-28-12-8-24)15-22-20(21-2)26-5-3-23(4-6-26)17-19(27)25-9-13-29-14-10-25/h18H,3-17H2,1-2H3,(H,21,22). The Bertz CT molecular complexity index is 526. The van der Waals surface area contributed by atoms with E-state index >= 15 is 0 Å². The zero-order valence-corrected chi connectivity index (χ0v) is 18.1. The molecule has 9 nitrogen and oxygen atoms in total. The molecular formula is C20H38N6O3. The zero-order chi connectivity index (χ0) is 20.5. The highest BCUT2D eigenvalue weighted by Gasteiger charge is 2.24. The number of aliphatic imine (C=N–C) groups is 1. The van der Waals surface area contributed by atoms with Gasteiger partial charge in [-0.25, -0.2) is 0 Å². The third-order valence-corrected chi connectivity index (χ3v) is 5.89. The number of nitrogens with one attached hydrogen (secondary N) is 1. The fourth-order valence-electron chi connectivity index (χ4n) is 4.11. The summed E-state index contributed by atoms with van der Waals surface area (Å²) < 4.78 is 10.8. The van der Waals surface area contributed by atoms with Crippen molar-refractivity contribution in [3.63, 3.8) is 0 Å². The van der Waals surface area contributed by atoms with Crippen LogP contribution in [-0.4, -0.2) is 137 Å². The summed E-state index contributed by atoms with van der Waals surface area (Å²) in [6.45, 7) is 14.9. The molecule has 0 spiro atoms. The molecule has 0 aliphatic carbocycles. The van der Waals surface area contributed by atoms with Crippen LogP contribution in [0.3, 0.4) is 0 Å². The van der Waals surface area contributed by atoms with Crippen LogP contribution in [0.25, 0.3) is 0 Å². The number of hydrogen-bond donors (Lipinski definition) is 1. The molecule has 1 amide bonds. The van der Waals surface area contributed by atoms with Gasteiger partial charge < -0.3 is 24.6 Å². The van der Waals surface area contributed by atoms with Crippen molar-refractivity contribution in [3.8, 4) is 0 Å². The smallest absolute Gasteiger partial charge is 0.236 e. The topological polar surface area (TPSA) is 72.9 Å². The van der Waals surface area contributed by atoms with E-state index < -0.39 is 0 Å². The van der Waals surface area contributed by atoms with E-state index in [0.717, 1.165) is 84.6 Å². The van der Waals surface area contributed by atoms with E-state index in [2.05, 4.69) is 31.9 Å². The molecule has 3 heterocycles. The third kappa shape index (κ3) is 7.09. The van der Waals surface area contributed by atoms with Crippen LogP contribution in [0.1, 0.15) is 6.92 Å². The molecule has 0 aromatic carbocycles. The van der Waals surface area contributed by atoms with Crippen LogP contribution in [0.2, 0.25) is 0 Å². The largest absolute Gasteiger partial charge is 0.379 e. The van der Waals surface area contributed by atoms with Crippen LogP contribution in [-0.2, 0) is 14.3 Å². The lowest BCUT2D eigenvalue weighted by Crippen LogP contribution is -2.55. The Balaban J connectivity index is 1.35. The van der Waals surface area contributed by atoms with Crippen molar-refractivity contribution in [2.75, 3.05) is 105 Å². The first-order valence-electron chi connectivity index (χ1n) is 11.0. The molecule has 0 aromatic heterocycles. The number of rotatable bonds is 6. The molecule has 1 atom stereocenters. The lowest BCUT2D eigenvalue weighted by molar-refractivity contribution is -0.136. The summed E-state index contributed by atoms with van der Waals surface area (Å²) in [4.78, 5) is 25.9. The number of amides is 1. The van der Waals surface area contributed by atoms with E-state index in [0.29, 0.717) is 25.7 Å². The van der Waals surface area contributed by atoms with Gasteiger partial charge >= 0.3 is 0 Å². The minimum Gasteiger partial charge on any atom is -0.379 e.